The van der Waals surface area contributed by atoms with Crippen LogP contribution in [0, 0.1) is 0 Å². The Balaban J connectivity index is 1.95. The van der Waals surface area contributed by atoms with E-state index >= 15 is 0 Å². The first kappa shape index (κ1) is 22.9. The van der Waals surface area contributed by atoms with Gasteiger partial charge in [-0.15, -0.1) is 0 Å². The second-order valence-corrected chi connectivity index (χ2v) is 6.18. The average Bonchev–Trinajstić information content (AvgIpc) is 2.73. The summed E-state index contributed by atoms with van der Waals surface area (Å²) in [5.41, 5.74) is 1.47. The number of esters is 1. The first-order chi connectivity index (χ1) is 14.4. The molecule has 1 amide bonds. The third-order valence-corrected chi connectivity index (χ3v) is 3.95. The molecule has 0 saturated carbocycles. The van der Waals surface area contributed by atoms with Gasteiger partial charge in [-0.25, -0.2) is 4.79 Å². The maximum Gasteiger partial charge on any atom is 0.387 e. The van der Waals surface area contributed by atoms with Gasteiger partial charge >= 0.3 is 12.6 Å². The van der Waals surface area contributed by atoms with E-state index in [0.29, 0.717) is 23.4 Å². The van der Waals surface area contributed by atoms with E-state index in [0.717, 1.165) is 12.8 Å². The van der Waals surface area contributed by atoms with Crippen LogP contribution in [0.15, 0.2) is 48.5 Å². The molecule has 30 heavy (non-hydrogen) atoms. The zero-order valence-electron chi connectivity index (χ0n) is 16.7. The lowest BCUT2D eigenvalue weighted by Crippen LogP contribution is -2.09. The number of nitrogens with one attached hydrogen (secondary N) is 1. The number of methoxy groups -OCH3 is 1. The lowest BCUT2D eigenvalue weighted by atomic mass is 10.2. The maximum absolute atomic E-state index is 12.4. The summed E-state index contributed by atoms with van der Waals surface area (Å²) < 4.78 is 39.2. The molecular weight excluding hydrogens is 396 g/mol. The molecule has 0 aliphatic carbocycles. The molecule has 1 N–H and O–H groups in total. The van der Waals surface area contributed by atoms with Crippen LogP contribution >= 0.6 is 0 Å². The molecule has 2 aromatic carbocycles. The van der Waals surface area contributed by atoms with E-state index in [1.807, 2.05) is 6.92 Å². The number of rotatable bonds is 10. The molecule has 0 saturated heterocycles. The molecule has 0 bridgehead atoms. The molecule has 0 heterocycles. The summed E-state index contributed by atoms with van der Waals surface area (Å²) in [4.78, 5) is 24.0. The van der Waals surface area contributed by atoms with Gasteiger partial charge in [-0.05, 0) is 54.5 Å². The van der Waals surface area contributed by atoms with E-state index in [1.54, 1.807) is 24.3 Å². The van der Waals surface area contributed by atoms with Gasteiger partial charge in [0, 0.05) is 11.8 Å². The molecule has 6 nitrogen and oxygen atoms in total. The van der Waals surface area contributed by atoms with E-state index in [9.17, 15) is 18.4 Å². The largest absolute Gasteiger partial charge is 0.493 e. The highest BCUT2D eigenvalue weighted by atomic mass is 19.3. The number of carbonyl (C=O) groups is 2. The SMILES string of the molecule is CCCCOC(=O)c1ccc(NC(=O)/C=C/c2ccc(OC(F)F)c(OC)c2)cc1. The molecule has 8 heteroatoms. The van der Waals surface area contributed by atoms with Crippen molar-refractivity contribution in [1.82, 2.24) is 0 Å². The highest BCUT2D eigenvalue weighted by molar-refractivity contribution is 6.02. The van der Waals surface area contributed by atoms with E-state index in [2.05, 4.69) is 10.1 Å². The number of halogens is 2. The summed E-state index contributed by atoms with van der Waals surface area (Å²) in [7, 11) is 1.33. The fourth-order valence-corrected chi connectivity index (χ4v) is 2.42. The Kier molecular flexibility index (Phi) is 8.80. The van der Waals surface area contributed by atoms with Crippen LogP contribution in [0.3, 0.4) is 0 Å². The Morgan fingerprint density at radius 3 is 2.47 bits per heavy atom. The van der Waals surface area contributed by atoms with Crippen molar-refractivity contribution in [3.63, 3.8) is 0 Å². The summed E-state index contributed by atoms with van der Waals surface area (Å²) in [6.07, 6.45) is 4.53. The predicted octanol–water partition coefficient (Wildman–Crippen LogP) is 4.91. The number of benzene rings is 2. The van der Waals surface area contributed by atoms with Gasteiger partial charge in [0.2, 0.25) is 5.91 Å². The van der Waals surface area contributed by atoms with Crippen LogP contribution in [0.1, 0.15) is 35.7 Å². The van der Waals surface area contributed by atoms with Crippen LogP contribution in [0.25, 0.3) is 6.08 Å². The Hall–Kier alpha value is -3.42. The van der Waals surface area contributed by atoms with E-state index < -0.39 is 18.5 Å². The summed E-state index contributed by atoms with van der Waals surface area (Å²) in [5.74, 6) is -0.781. The van der Waals surface area contributed by atoms with Crippen molar-refractivity contribution in [2.45, 2.75) is 26.4 Å². The third-order valence-electron chi connectivity index (χ3n) is 3.95. The first-order valence-corrected chi connectivity index (χ1v) is 9.32. The van der Waals surface area contributed by atoms with Crippen LogP contribution in [0.2, 0.25) is 0 Å². The van der Waals surface area contributed by atoms with Crippen LogP contribution in [-0.2, 0) is 9.53 Å². The standard InChI is InChI=1S/C22H23F2NO5/c1-3-4-13-29-21(27)16-7-9-17(10-8-16)25-20(26)12-6-15-5-11-18(30-22(23)24)19(14-15)28-2/h5-12,14,22H,3-4,13H2,1-2H3,(H,25,26)/b12-6+. The number of ether oxygens (including phenoxy) is 3. The highest BCUT2D eigenvalue weighted by Crippen LogP contribution is 2.29. The minimum Gasteiger partial charge on any atom is -0.493 e. The zero-order chi connectivity index (χ0) is 21.9. The number of hydrogen-bond donors (Lipinski definition) is 1. The molecule has 0 aliphatic heterocycles. The van der Waals surface area contributed by atoms with E-state index in [1.165, 1.54) is 37.5 Å². The smallest absolute Gasteiger partial charge is 0.387 e. The van der Waals surface area contributed by atoms with Crippen LogP contribution in [-0.4, -0.2) is 32.2 Å². The molecule has 0 aliphatic rings. The molecule has 2 aromatic rings. The van der Waals surface area contributed by atoms with Gasteiger partial charge in [0.05, 0.1) is 19.3 Å². The van der Waals surface area contributed by atoms with Crippen molar-refractivity contribution in [2.24, 2.45) is 0 Å². The van der Waals surface area contributed by atoms with Crippen molar-refractivity contribution in [2.75, 3.05) is 19.0 Å². The topological polar surface area (TPSA) is 73.9 Å². The number of carbonyl (C=O) groups excluding carboxylic acids is 2. The maximum atomic E-state index is 12.4. The van der Waals surface area contributed by atoms with Crippen molar-refractivity contribution < 1.29 is 32.6 Å². The molecule has 0 atom stereocenters. The summed E-state index contributed by atoms with van der Waals surface area (Å²) in [6.45, 7) is -0.582. The van der Waals surface area contributed by atoms with E-state index in [-0.39, 0.29) is 11.5 Å². The average molecular weight is 419 g/mol. The Morgan fingerprint density at radius 1 is 1.10 bits per heavy atom. The van der Waals surface area contributed by atoms with Crippen molar-refractivity contribution in [3.05, 3.63) is 59.7 Å². The summed E-state index contributed by atoms with van der Waals surface area (Å²) >= 11 is 0. The third kappa shape index (κ3) is 7.20. The van der Waals surface area contributed by atoms with Crippen molar-refractivity contribution >= 4 is 23.6 Å². The van der Waals surface area contributed by atoms with Gasteiger partial charge in [-0.1, -0.05) is 19.4 Å². The summed E-state index contributed by atoms with van der Waals surface area (Å²) in [6, 6.07) is 10.7. The van der Waals surface area contributed by atoms with Gasteiger partial charge in [0.1, 0.15) is 0 Å². The van der Waals surface area contributed by atoms with Gasteiger partial charge in [0.25, 0.3) is 0 Å². The number of unbranched alkanes of at least 4 members (excludes halogenated alkanes) is 1. The molecule has 0 aromatic heterocycles. The minimum atomic E-state index is -2.96. The number of hydrogen-bond acceptors (Lipinski definition) is 5. The molecule has 160 valence electrons. The van der Waals surface area contributed by atoms with Gasteiger partial charge in [-0.2, -0.15) is 8.78 Å². The molecule has 0 radical (unpaired) electrons. The second-order valence-electron chi connectivity index (χ2n) is 6.18. The van der Waals surface area contributed by atoms with Crippen LogP contribution < -0.4 is 14.8 Å². The number of anilines is 1. The lowest BCUT2D eigenvalue weighted by molar-refractivity contribution is -0.111. The second kappa shape index (κ2) is 11.5. The van der Waals surface area contributed by atoms with Crippen LogP contribution in [0.4, 0.5) is 14.5 Å². The molecular formula is C22H23F2NO5. The molecule has 0 unspecified atom stereocenters. The first-order valence-electron chi connectivity index (χ1n) is 9.32. The number of amides is 1. The predicted molar refractivity (Wildman–Crippen MR) is 109 cm³/mol. The fraction of sp³-hybridized carbons (Fsp3) is 0.273. The van der Waals surface area contributed by atoms with Gasteiger partial charge in [0.15, 0.2) is 11.5 Å². The minimum absolute atomic E-state index is 0.0950. The highest BCUT2D eigenvalue weighted by Gasteiger charge is 2.11. The van der Waals surface area contributed by atoms with Crippen molar-refractivity contribution in [1.29, 1.82) is 0 Å². The van der Waals surface area contributed by atoms with Gasteiger partial charge < -0.3 is 19.5 Å². The summed E-state index contributed by atoms with van der Waals surface area (Å²) in [5, 5.41) is 2.66. The zero-order valence-corrected chi connectivity index (χ0v) is 16.7. The Morgan fingerprint density at radius 2 is 1.83 bits per heavy atom. The monoisotopic (exact) mass is 419 g/mol. The van der Waals surface area contributed by atoms with E-state index in [4.69, 9.17) is 9.47 Å². The molecule has 0 spiro atoms. The lowest BCUT2D eigenvalue weighted by Gasteiger charge is -2.10. The fourth-order valence-electron chi connectivity index (χ4n) is 2.42. The molecule has 0 fully saturated rings. The number of alkyl halides is 2. The Bertz CT molecular complexity index is 882. The van der Waals surface area contributed by atoms with Crippen LogP contribution in [0.5, 0.6) is 11.5 Å². The van der Waals surface area contributed by atoms with Gasteiger partial charge in [-0.3, -0.25) is 4.79 Å². The molecule has 2 rings (SSSR count). The van der Waals surface area contributed by atoms with Crippen molar-refractivity contribution in [3.8, 4) is 11.5 Å². The normalized spacial score (nSPS) is 10.8. The quantitative estimate of drug-likeness (QED) is 0.337. The Labute approximate surface area is 173 Å².